The molecule has 0 radical (unpaired) electrons. The van der Waals surface area contributed by atoms with Crippen LogP contribution in [0, 0.1) is 5.82 Å². The molecule has 0 fully saturated rings. The Bertz CT molecular complexity index is 220. The van der Waals surface area contributed by atoms with E-state index in [2.05, 4.69) is 0 Å². The number of benzene rings is 1. The van der Waals surface area contributed by atoms with Crippen molar-refractivity contribution in [2.75, 3.05) is 0 Å². The van der Waals surface area contributed by atoms with Gasteiger partial charge in [0.15, 0.2) is 0 Å². The molecule has 2 N–H and O–H groups in total. The molecule has 0 aliphatic rings. The van der Waals surface area contributed by atoms with Crippen LogP contribution in [-0.2, 0) is 0 Å². The van der Waals surface area contributed by atoms with Gasteiger partial charge in [-0.05, 0) is 13.0 Å². The Morgan fingerprint density at radius 2 is 2.00 bits per heavy atom. The van der Waals surface area contributed by atoms with Crippen LogP contribution < -0.4 is 5.73 Å². The van der Waals surface area contributed by atoms with E-state index in [9.17, 15) is 4.39 Å². The molecule has 0 saturated carbocycles. The summed E-state index contributed by atoms with van der Waals surface area (Å²) in [6.45, 7) is 1.76. The Morgan fingerprint density at radius 1 is 1.40 bits per heavy atom. The van der Waals surface area contributed by atoms with Crippen LogP contribution in [0.2, 0.25) is 0 Å². The van der Waals surface area contributed by atoms with Crippen molar-refractivity contribution in [3.8, 4) is 0 Å². The molecular weight excluding hydrogens is 129 g/mol. The van der Waals surface area contributed by atoms with E-state index < -0.39 is 0 Å². The maximum Gasteiger partial charge on any atom is 0.127 e. The minimum atomic E-state index is -0.225. The smallest absolute Gasteiger partial charge is 0.127 e. The molecule has 1 atom stereocenters. The van der Waals surface area contributed by atoms with Crippen LogP contribution in [-0.4, -0.2) is 0 Å². The van der Waals surface area contributed by atoms with Crippen LogP contribution in [0.4, 0.5) is 4.39 Å². The summed E-state index contributed by atoms with van der Waals surface area (Å²) in [5.74, 6) is -0.225. The highest BCUT2D eigenvalue weighted by molar-refractivity contribution is 5.19. The van der Waals surface area contributed by atoms with Crippen molar-refractivity contribution in [3.63, 3.8) is 0 Å². The lowest BCUT2D eigenvalue weighted by Crippen LogP contribution is -2.06. The summed E-state index contributed by atoms with van der Waals surface area (Å²) < 4.78 is 12.8. The third-order valence-electron chi connectivity index (χ3n) is 1.40. The van der Waals surface area contributed by atoms with E-state index in [0.29, 0.717) is 5.56 Å². The first kappa shape index (κ1) is 7.22. The summed E-state index contributed by atoms with van der Waals surface area (Å²) in [6.07, 6.45) is 0. The average molecular weight is 139 g/mol. The quantitative estimate of drug-likeness (QED) is 0.631. The van der Waals surface area contributed by atoms with E-state index in [1.807, 2.05) is 0 Å². The molecule has 0 aromatic heterocycles. The van der Waals surface area contributed by atoms with Gasteiger partial charge in [0, 0.05) is 11.6 Å². The summed E-state index contributed by atoms with van der Waals surface area (Å²) in [7, 11) is 0. The molecule has 0 amide bonds. The zero-order valence-corrected chi connectivity index (χ0v) is 5.84. The van der Waals surface area contributed by atoms with Gasteiger partial charge in [-0.15, -0.1) is 0 Å². The normalized spacial score (nSPS) is 13.1. The maximum atomic E-state index is 12.8. The summed E-state index contributed by atoms with van der Waals surface area (Å²) in [5.41, 5.74) is 6.05. The van der Waals surface area contributed by atoms with Gasteiger partial charge in [-0.1, -0.05) is 18.2 Å². The number of rotatable bonds is 1. The van der Waals surface area contributed by atoms with Gasteiger partial charge < -0.3 is 5.73 Å². The van der Waals surface area contributed by atoms with Gasteiger partial charge in [-0.25, -0.2) is 4.39 Å². The Balaban J connectivity index is 3.03. The van der Waals surface area contributed by atoms with E-state index in [0.717, 1.165) is 0 Å². The molecule has 0 saturated heterocycles. The highest BCUT2D eigenvalue weighted by atomic mass is 19.1. The zero-order chi connectivity index (χ0) is 7.56. The third kappa shape index (κ3) is 1.33. The summed E-state index contributed by atoms with van der Waals surface area (Å²) in [5, 5.41) is 0. The van der Waals surface area contributed by atoms with Gasteiger partial charge >= 0.3 is 0 Å². The molecule has 0 heterocycles. The molecule has 0 aliphatic heterocycles. The van der Waals surface area contributed by atoms with Crippen molar-refractivity contribution in [1.29, 1.82) is 0 Å². The molecule has 0 spiro atoms. The van der Waals surface area contributed by atoms with Gasteiger partial charge in [-0.2, -0.15) is 0 Å². The molecule has 2 heteroatoms. The first-order valence-corrected chi connectivity index (χ1v) is 3.22. The number of nitrogens with two attached hydrogens (primary N) is 1. The van der Waals surface area contributed by atoms with Crippen LogP contribution in [0.1, 0.15) is 18.5 Å². The second-order valence-corrected chi connectivity index (χ2v) is 2.31. The van der Waals surface area contributed by atoms with Crippen molar-refractivity contribution in [2.45, 2.75) is 13.0 Å². The Morgan fingerprint density at radius 3 is 2.40 bits per heavy atom. The maximum absolute atomic E-state index is 12.8. The Labute approximate surface area is 59.7 Å². The highest BCUT2D eigenvalue weighted by Gasteiger charge is 2.03. The van der Waals surface area contributed by atoms with Gasteiger partial charge in [-0.3, -0.25) is 0 Å². The highest BCUT2D eigenvalue weighted by Crippen LogP contribution is 2.12. The lowest BCUT2D eigenvalue weighted by molar-refractivity contribution is 0.594. The third-order valence-corrected chi connectivity index (χ3v) is 1.40. The first-order valence-electron chi connectivity index (χ1n) is 3.22. The minimum absolute atomic E-state index is 0.221. The Kier molecular flexibility index (Phi) is 2.02. The van der Waals surface area contributed by atoms with Crippen molar-refractivity contribution in [3.05, 3.63) is 35.6 Å². The first-order chi connectivity index (χ1) is 4.72. The molecule has 1 nitrogen and oxygen atoms in total. The van der Waals surface area contributed by atoms with Crippen molar-refractivity contribution in [1.82, 2.24) is 0 Å². The van der Waals surface area contributed by atoms with Crippen molar-refractivity contribution in [2.24, 2.45) is 5.73 Å². The second kappa shape index (κ2) is 2.80. The van der Waals surface area contributed by atoms with E-state index >= 15 is 0 Å². The molecule has 54 valence electrons. The van der Waals surface area contributed by atoms with E-state index in [1.54, 1.807) is 25.1 Å². The largest absolute Gasteiger partial charge is 0.324 e. The van der Waals surface area contributed by atoms with Gasteiger partial charge in [0.25, 0.3) is 0 Å². The van der Waals surface area contributed by atoms with Gasteiger partial charge in [0.1, 0.15) is 5.82 Å². The van der Waals surface area contributed by atoms with Crippen LogP contribution in [0.3, 0.4) is 0 Å². The van der Waals surface area contributed by atoms with E-state index in [4.69, 9.17) is 5.73 Å². The standard InChI is InChI=1S/C8H10FN/c1-6(10)7-4-2-3-5-8(7)9/h2-6H,10H2,1H3. The SMILES string of the molecule is CC(N)c1ccccc1F. The minimum Gasteiger partial charge on any atom is -0.324 e. The molecule has 1 unspecified atom stereocenters. The van der Waals surface area contributed by atoms with Crippen LogP contribution >= 0.6 is 0 Å². The van der Waals surface area contributed by atoms with Crippen LogP contribution in [0.25, 0.3) is 0 Å². The van der Waals surface area contributed by atoms with Gasteiger partial charge in [0.05, 0.1) is 0 Å². The summed E-state index contributed by atoms with van der Waals surface area (Å²) in [6, 6.07) is 6.32. The second-order valence-electron chi connectivity index (χ2n) is 2.31. The monoisotopic (exact) mass is 139 g/mol. The molecule has 0 aliphatic carbocycles. The molecule has 1 aromatic rings. The fraction of sp³-hybridized carbons (Fsp3) is 0.250. The van der Waals surface area contributed by atoms with Crippen LogP contribution in [0.5, 0.6) is 0 Å². The number of halogens is 1. The Hall–Kier alpha value is -0.890. The van der Waals surface area contributed by atoms with E-state index in [1.165, 1.54) is 6.07 Å². The topological polar surface area (TPSA) is 26.0 Å². The predicted octanol–water partition coefficient (Wildman–Crippen LogP) is 1.85. The van der Waals surface area contributed by atoms with Crippen molar-refractivity contribution < 1.29 is 4.39 Å². The molecular formula is C8H10FN. The average Bonchev–Trinajstić information content (AvgIpc) is 1.88. The van der Waals surface area contributed by atoms with Crippen LogP contribution in [0.15, 0.2) is 24.3 Å². The molecule has 0 bridgehead atoms. The molecule has 1 rings (SSSR count). The summed E-state index contributed by atoms with van der Waals surface area (Å²) >= 11 is 0. The molecule has 1 aromatic carbocycles. The van der Waals surface area contributed by atoms with Crippen molar-refractivity contribution >= 4 is 0 Å². The zero-order valence-electron chi connectivity index (χ0n) is 5.84. The fourth-order valence-electron chi connectivity index (χ4n) is 0.844. The number of hydrogen-bond donors (Lipinski definition) is 1. The predicted molar refractivity (Wildman–Crippen MR) is 39.0 cm³/mol. The summed E-state index contributed by atoms with van der Waals surface area (Å²) in [4.78, 5) is 0. The molecule has 10 heavy (non-hydrogen) atoms. The fourth-order valence-corrected chi connectivity index (χ4v) is 0.844. The van der Waals surface area contributed by atoms with E-state index in [-0.39, 0.29) is 11.9 Å². The lowest BCUT2D eigenvalue weighted by Gasteiger charge is -2.04. The van der Waals surface area contributed by atoms with Gasteiger partial charge in [0.2, 0.25) is 0 Å². The lowest BCUT2D eigenvalue weighted by atomic mass is 10.1. The number of hydrogen-bond acceptors (Lipinski definition) is 1.